The van der Waals surface area contributed by atoms with Crippen LogP contribution in [0.4, 0.5) is 11.5 Å². The third kappa shape index (κ3) is 3.16. The highest BCUT2D eigenvalue weighted by Crippen LogP contribution is 2.33. The van der Waals surface area contributed by atoms with Crippen LogP contribution in [0.15, 0.2) is 28.7 Å². The highest BCUT2D eigenvalue weighted by atomic mass is 79.9. The lowest BCUT2D eigenvalue weighted by atomic mass is 10.3. The van der Waals surface area contributed by atoms with E-state index in [1.165, 1.54) is 4.88 Å². The average molecular weight is 403 g/mol. The highest BCUT2D eigenvalue weighted by molar-refractivity contribution is 9.10. The van der Waals surface area contributed by atoms with E-state index in [0.717, 1.165) is 26.8 Å². The summed E-state index contributed by atoms with van der Waals surface area (Å²) in [5.74, 6) is 0.704. The number of nitrogens with one attached hydrogen (secondary N) is 1. The van der Waals surface area contributed by atoms with Gasteiger partial charge >= 0.3 is 0 Å². The van der Waals surface area contributed by atoms with E-state index in [4.69, 9.17) is 23.2 Å². The lowest BCUT2D eigenvalue weighted by Gasteiger charge is -2.08. The van der Waals surface area contributed by atoms with Gasteiger partial charge in [-0.15, -0.1) is 11.3 Å². The van der Waals surface area contributed by atoms with Crippen molar-refractivity contribution >= 4 is 72.2 Å². The summed E-state index contributed by atoms with van der Waals surface area (Å²) in [6.45, 7) is 2.11. The fourth-order valence-electron chi connectivity index (χ4n) is 1.93. The molecule has 3 rings (SSSR count). The first kappa shape index (κ1) is 15.0. The minimum atomic E-state index is 0.238. The zero-order valence-corrected chi connectivity index (χ0v) is 14.9. The third-order valence-electron chi connectivity index (χ3n) is 2.95. The van der Waals surface area contributed by atoms with Crippen molar-refractivity contribution in [1.29, 1.82) is 0 Å². The molecule has 0 spiro atoms. The maximum atomic E-state index is 6.01. The first-order valence-corrected chi connectivity index (χ1v) is 8.61. The Morgan fingerprint density at radius 3 is 2.76 bits per heavy atom. The number of rotatable bonds is 3. The topological polar surface area (TPSA) is 37.8 Å². The molecule has 0 saturated heterocycles. The molecule has 1 N–H and O–H groups in total. The van der Waals surface area contributed by atoms with Crippen LogP contribution in [-0.4, -0.2) is 9.97 Å². The number of aryl methyl sites for hydroxylation is 1. The minimum absolute atomic E-state index is 0.238. The predicted molar refractivity (Wildman–Crippen MR) is 94.2 cm³/mol. The normalized spacial score (nSPS) is 11.0. The molecule has 0 aliphatic carbocycles. The number of benzene rings is 1. The Hall–Kier alpha value is -0.880. The van der Waals surface area contributed by atoms with Gasteiger partial charge in [0.1, 0.15) is 10.6 Å². The third-order valence-corrected chi connectivity index (χ3v) is 5.50. The van der Waals surface area contributed by atoms with E-state index in [1.54, 1.807) is 11.3 Å². The van der Waals surface area contributed by atoms with Gasteiger partial charge in [0, 0.05) is 15.0 Å². The van der Waals surface area contributed by atoms with Gasteiger partial charge in [0.2, 0.25) is 5.28 Å². The number of hydrogen-bond acceptors (Lipinski definition) is 4. The van der Waals surface area contributed by atoms with Crippen molar-refractivity contribution in [2.24, 2.45) is 0 Å². The Morgan fingerprint density at radius 1 is 1.24 bits per heavy atom. The number of nitrogens with zero attached hydrogens (tertiary/aromatic N) is 2. The largest absolute Gasteiger partial charge is 0.340 e. The van der Waals surface area contributed by atoms with Crippen LogP contribution < -0.4 is 5.32 Å². The Balaban J connectivity index is 2.06. The van der Waals surface area contributed by atoms with Gasteiger partial charge in [-0.1, -0.05) is 18.5 Å². The van der Waals surface area contributed by atoms with Crippen molar-refractivity contribution in [2.45, 2.75) is 13.3 Å². The number of halogens is 3. The van der Waals surface area contributed by atoms with Crippen LogP contribution >= 0.6 is 50.5 Å². The summed E-state index contributed by atoms with van der Waals surface area (Å²) < 4.78 is 0.824. The summed E-state index contributed by atoms with van der Waals surface area (Å²) in [6.07, 6.45) is 0.963. The molecular weight excluding hydrogens is 393 g/mol. The zero-order valence-electron chi connectivity index (χ0n) is 11.0. The van der Waals surface area contributed by atoms with E-state index in [-0.39, 0.29) is 5.28 Å². The molecule has 0 aliphatic heterocycles. The van der Waals surface area contributed by atoms with Crippen LogP contribution in [0.3, 0.4) is 0 Å². The summed E-state index contributed by atoms with van der Waals surface area (Å²) in [6, 6.07) is 7.71. The number of anilines is 2. The van der Waals surface area contributed by atoms with Crippen molar-refractivity contribution in [3.63, 3.8) is 0 Å². The zero-order chi connectivity index (χ0) is 15.0. The van der Waals surface area contributed by atoms with Crippen LogP contribution in [0, 0.1) is 0 Å². The van der Waals surface area contributed by atoms with Crippen molar-refractivity contribution in [2.75, 3.05) is 5.32 Å². The van der Waals surface area contributed by atoms with E-state index >= 15 is 0 Å². The van der Waals surface area contributed by atoms with E-state index in [0.29, 0.717) is 10.8 Å². The number of fused-ring (bicyclic) bond motifs is 1. The standard InChI is InChI=1S/C14H10BrCl2N3S/c1-2-8-6-9-12(19-14(17)20-13(9)21-8)18-7-3-4-11(16)10(15)5-7/h3-6H,2H2,1H3,(H,18,19,20). The van der Waals surface area contributed by atoms with Gasteiger partial charge in [-0.3, -0.25) is 0 Å². The molecule has 3 aromatic rings. The predicted octanol–water partition coefficient (Wildman–Crippen LogP) is 6.07. The van der Waals surface area contributed by atoms with Crippen LogP contribution in [-0.2, 0) is 6.42 Å². The average Bonchev–Trinajstić information content (AvgIpc) is 2.86. The summed E-state index contributed by atoms with van der Waals surface area (Å²) in [5.41, 5.74) is 0.881. The van der Waals surface area contributed by atoms with Gasteiger partial charge in [0.05, 0.1) is 10.4 Å². The molecule has 0 saturated carbocycles. The Morgan fingerprint density at radius 2 is 2.05 bits per heavy atom. The molecule has 2 aromatic heterocycles. The van der Waals surface area contributed by atoms with Crippen molar-refractivity contribution in [3.05, 3.63) is 43.9 Å². The summed E-state index contributed by atoms with van der Waals surface area (Å²) in [7, 11) is 0. The maximum absolute atomic E-state index is 6.01. The molecule has 3 nitrogen and oxygen atoms in total. The van der Waals surface area contributed by atoms with E-state index in [9.17, 15) is 0 Å². The van der Waals surface area contributed by atoms with Gasteiger partial charge in [-0.2, -0.15) is 4.98 Å². The molecule has 0 amide bonds. The van der Waals surface area contributed by atoms with E-state index in [1.807, 2.05) is 18.2 Å². The molecule has 0 fully saturated rings. The summed E-state index contributed by atoms with van der Waals surface area (Å²) in [4.78, 5) is 10.7. The summed E-state index contributed by atoms with van der Waals surface area (Å²) in [5, 5.41) is 5.16. The molecule has 7 heteroatoms. The molecule has 0 atom stereocenters. The molecule has 1 aromatic carbocycles. The molecule has 108 valence electrons. The number of aromatic nitrogens is 2. The molecule has 0 bridgehead atoms. The fraction of sp³-hybridized carbons (Fsp3) is 0.143. The van der Waals surface area contributed by atoms with Crippen LogP contribution in [0.1, 0.15) is 11.8 Å². The van der Waals surface area contributed by atoms with E-state index < -0.39 is 0 Å². The monoisotopic (exact) mass is 401 g/mol. The van der Waals surface area contributed by atoms with Gasteiger partial charge in [0.25, 0.3) is 0 Å². The molecule has 2 heterocycles. The smallest absolute Gasteiger partial charge is 0.225 e. The Kier molecular flexibility index (Phi) is 4.36. The van der Waals surface area contributed by atoms with Gasteiger partial charge in [0.15, 0.2) is 0 Å². The molecule has 0 aliphatic rings. The number of hydrogen-bond donors (Lipinski definition) is 1. The van der Waals surface area contributed by atoms with Crippen molar-refractivity contribution in [1.82, 2.24) is 9.97 Å². The second-order valence-electron chi connectivity index (χ2n) is 4.38. The fourth-order valence-corrected chi connectivity index (χ4v) is 3.61. The summed E-state index contributed by atoms with van der Waals surface area (Å²) >= 11 is 17.1. The maximum Gasteiger partial charge on any atom is 0.225 e. The minimum Gasteiger partial charge on any atom is -0.340 e. The molecule has 0 radical (unpaired) electrons. The number of thiophene rings is 1. The van der Waals surface area contributed by atoms with Crippen LogP contribution in [0.25, 0.3) is 10.2 Å². The van der Waals surface area contributed by atoms with Crippen LogP contribution in [0.2, 0.25) is 10.3 Å². The van der Waals surface area contributed by atoms with E-state index in [2.05, 4.69) is 44.2 Å². The van der Waals surface area contributed by atoms with Crippen molar-refractivity contribution in [3.8, 4) is 0 Å². The molecular formula is C14H10BrCl2N3S. The molecule has 21 heavy (non-hydrogen) atoms. The quantitative estimate of drug-likeness (QED) is 0.540. The van der Waals surface area contributed by atoms with Gasteiger partial charge in [-0.05, 0) is 58.2 Å². The van der Waals surface area contributed by atoms with Crippen molar-refractivity contribution < 1.29 is 0 Å². The van der Waals surface area contributed by atoms with Gasteiger partial charge < -0.3 is 5.32 Å². The first-order chi connectivity index (χ1) is 10.1. The lowest BCUT2D eigenvalue weighted by Crippen LogP contribution is -1.96. The first-order valence-electron chi connectivity index (χ1n) is 6.25. The second kappa shape index (κ2) is 6.08. The van der Waals surface area contributed by atoms with Gasteiger partial charge in [-0.25, -0.2) is 4.98 Å². The Labute approximate surface area is 144 Å². The van der Waals surface area contributed by atoms with Crippen LogP contribution in [0.5, 0.6) is 0 Å². The second-order valence-corrected chi connectivity index (χ2v) is 7.10. The molecule has 0 unspecified atom stereocenters. The highest BCUT2D eigenvalue weighted by Gasteiger charge is 2.11. The lowest BCUT2D eigenvalue weighted by molar-refractivity contribution is 1.19. The Bertz CT molecular complexity index is 819. The SMILES string of the molecule is CCc1cc2c(Nc3ccc(Cl)c(Br)c3)nc(Cl)nc2s1.